The van der Waals surface area contributed by atoms with Gasteiger partial charge < -0.3 is 20.4 Å². The lowest BCUT2D eigenvalue weighted by molar-refractivity contribution is 0.302. The summed E-state index contributed by atoms with van der Waals surface area (Å²) in [5, 5.41) is 22.2. The maximum absolute atomic E-state index is 9.60. The number of aromatic hydroxyl groups is 2. The number of benzene rings is 1. The van der Waals surface area contributed by atoms with Crippen LogP contribution >= 0.6 is 0 Å². The fourth-order valence-electron chi connectivity index (χ4n) is 1.72. The van der Waals surface area contributed by atoms with Crippen LogP contribution in [-0.2, 0) is 6.54 Å². The van der Waals surface area contributed by atoms with Crippen molar-refractivity contribution in [3.8, 4) is 11.5 Å². The molecule has 0 heterocycles. The van der Waals surface area contributed by atoms with Gasteiger partial charge in [-0.1, -0.05) is 26.0 Å². The van der Waals surface area contributed by atoms with Gasteiger partial charge in [-0.3, -0.25) is 0 Å². The number of nitrogens with zero attached hydrogens (tertiary/aromatic N) is 1. The van der Waals surface area contributed by atoms with Crippen LogP contribution in [0.1, 0.15) is 19.4 Å². The molecule has 0 spiro atoms. The third kappa shape index (κ3) is 4.24. The van der Waals surface area contributed by atoms with E-state index in [9.17, 15) is 10.2 Å². The van der Waals surface area contributed by atoms with Gasteiger partial charge in [0.15, 0.2) is 11.5 Å². The Morgan fingerprint density at radius 3 is 2.53 bits per heavy atom. The van der Waals surface area contributed by atoms with Crippen LogP contribution < -0.4 is 5.32 Å². The summed E-state index contributed by atoms with van der Waals surface area (Å²) in [7, 11) is 0. The highest BCUT2D eigenvalue weighted by atomic mass is 16.3. The molecular formula is C13H22N2O2. The fraction of sp³-hybridized carbons (Fsp3) is 0.538. The predicted octanol–water partition coefficient (Wildman–Crippen LogP) is 1.53. The number of likely N-dealkylation sites (N-methyl/N-ethyl adjacent to an activating group) is 1. The third-order valence-electron chi connectivity index (χ3n) is 2.91. The van der Waals surface area contributed by atoms with E-state index in [-0.39, 0.29) is 11.5 Å². The molecule has 0 aliphatic heterocycles. The summed E-state index contributed by atoms with van der Waals surface area (Å²) in [5.41, 5.74) is 0.726. The van der Waals surface area contributed by atoms with Gasteiger partial charge in [0.1, 0.15) is 0 Å². The SMILES string of the molecule is CCN(CC)CCNCc1cccc(O)c1O. The van der Waals surface area contributed by atoms with Gasteiger partial charge in [-0.15, -0.1) is 0 Å². The van der Waals surface area contributed by atoms with Crippen molar-refractivity contribution < 1.29 is 10.2 Å². The van der Waals surface area contributed by atoms with Gasteiger partial charge in [0.05, 0.1) is 0 Å². The Hall–Kier alpha value is -1.26. The molecule has 1 aromatic rings. The van der Waals surface area contributed by atoms with Crippen molar-refractivity contribution >= 4 is 0 Å². The summed E-state index contributed by atoms with van der Waals surface area (Å²) >= 11 is 0. The van der Waals surface area contributed by atoms with Crippen LogP contribution in [0, 0.1) is 0 Å². The molecule has 0 aliphatic rings. The van der Waals surface area contributed by atoms with E-state index in [0.29, 0.717) is 6.54 Å². The summed E-state index contributed by atoms with van der Waals surface area (Å²) in [5.74, 6) is -0.0871. The van der Waals surface area contributed by atoms with Gasteiger partial charge in [-0.05, 0) is 19.2 Å². The molecule has 1 rings (SSSR count). The van der Waals surface area contributed by atoms with Crippen molar-refractivity contribution in [3.63, 3.8) is 0 Å². The van der Waals surface area contributed by atoms with Crippen molar-refractivity contribution in [2.45, 2.75) is 20.4 Å². The maximum Gasteiger partial charge on any atom is 0.161 e. The van der Waals surface area contributed by atoms with Gasteiger partial charge >= 0.3 is 0 Å². The molecule has 0 amide bonds. The highest BCUT2D eigenvalue weighted by molar-refractivity contribution is 5.44. The molecule has 0 fully saturated rings. The van der Waals surface area contributed by atoms with Gasteiger partial charge in [0, 0.05) is 25.2 Å². The second kappa shape index (κ2) is 7.14. The molecule has 4 nitrogen and oxygen atoms in total. The summed E-state index contributed by atoms with van der Waals surface area (Å²) in [6.45, 7) is 8.82. The van der Waals surface area contributed by atoms with Crippen LogP contribution in [0.15, 0.2) is 18.2 Å². The lowest BCUT2D eigenvalue weighted by Crippen LogP contribution is -2.31. The molecule has 96 valence electrons. The fourth-order valence-corrected chi connectivity index (χ4v) is 1.72. The molecule has 0 bridgehead atoms. The highest BCUT2D eigenvalue weighted by Crippen LogP contribution is 2.27. The molecule has 0 unspecified atom stereocenters. The monoisotopic (exact) mass is 238 g/mol. The molecule has 0 saturated carbocycles. The van der Waals surface area contributed by atoms with Crippen LogP contribution in [0.2, 0.25) is 0 Å². The molecular weight excluding hydrogens is 216 g/mol. The Morgan fingerprint density at radius 1 is 1.18 bits per heavy atom. The van der Waals surface area contributed by atoms with Crippen LogP contribution in [0.5, 0.6) is 11.5 Å². The van der Waals surface area contributed by atoms with Gasteiger partial charge in [0.25, 0.3) is 0 Å². The molecule has 0 atom stereocenters. The molecule has 0 radical (unpaired) electrons. The van der Waals surface area contributed by atoms with E-state index in [0.717, 1.165) is 31.7 Å². The van der Waals surface area contributed by atoms with E-state index in [2.05, 4.69) is 24.1 Å². The van der Waals surface area contributed by atoms with E-state index < -0.39 is 0 Å². The van der Waals surface area contributed by atoms with Crippen LogP contribution in [-0.4, -0.2) is 41.3 Å². The number of nitrogens with one attached hydrogen (secondary N) is 1. The van der Waals surface area contributed by atoms with Crippen molar-refractivity contribution in [2.75, 3.05) is 26.2 Å². The highest BCUT2D eigenvalue weighted by Gasteiger charge is 2.05. The number of phenols is 2. The normalized spacial score (nSPS) is 11.0. The Morgan fingerprint density at radius 2 is 1.88 bits per heavy atom. The van der Waals surface area contributed by atoms with Gasteiger partial charge in [-0.2, -0.15) is 0 Å². The van der Waals surface area contributed by atoms with E-state index in [1.54, 1.807) is 12.1 Å². The second-order valence-corrected chi connectivity index (χ2v) is 3.99. The molecule has 0 saturated heterocycles. The zero-order chi connectivity index (χ0) is 12.7. The number of hydrogen-bond acceptors (Lipinski definition) is 4. The summed E-state index contributed by atoms with van der Waals surface area (Å²) in [4.78, 5) is 2.33. The maximum atomic E-state index is 9.60. The predicted molar refractivity (Wildman–Crippen MR) is 69.3 cm³/mol. The smallest absolute Gasteiger partial charge is 0.161 e. The lowest BCUT2D eigenvalue weighted by atomic mass is 10.2. The molecule has 17 heavy (non-hydrogen) atoms. The largest absolute Gasteiger partial charge is 0.504 e. The first-order valence-electron chi connectivity index (χ1n) is 6.11. The topological polar surface area (TPSA) is 55.7 Å². The zero-order valence-electron chi connectivity index (χ0n) is 10.6. The first kappa shape index (κ1) is 13.8. The van der Waals surface area contributed by atoms with Gasteiger partial charge in [-0.25, -0.2) is 0 Å². The number of hydrogen-bond donors (Lipinski definition) is 3. The average molecular weight is 238 g/mol. The van der Waals surface area contributed by atoms with Crippen molar-refractivity contribution in [1.82, 2.24) is 10.2 Å². The minimum Gasteiger partial charge on any atom is -0.504 e. The van der Waals surface area contributed by atoms with E-state index >= 15 is 0 Å². The van der Waals surface area contributed by atoms with Crippen LogP contribution in [0.4, 0.5) is 0 Å². The Kier molecular flexibility index (Phi) is 5.80. The number of rotatable bonds is 7. The number of para-hydroxylation sites is 1. The van der Waals surface area contributed by atoms with Crippen molar-refractivity contribution in [3.05, 3.63) is 23.8 Å². The quantitative estimate of drug-likeness (QED) is 0.498. The van der Waals surface area contributed by atoms with Gasteiger partial charge in [0.2, 0.25) is 0 Å². The second-order valence-electron chi connectivity index (χ2n) is 3.99. The molecule has 0 aliphatic carbocycles. The molecule has 0 aromatic heterocycles. The minimum atomic E-state index is -0.0620. The Labute approximate surface area is 103 Å². The van der Waals surface area contributed by atoms with E-state index in [1.165, 1.54) is 6.07 Å². The Balaban J connectivity index is 2.33. The minimum absolute atomic E-state index is 0.0251. The average Bonchev–Trinajstić information content (AvgIpc) is 2.34. The summed E-state index contributed by atoms with van der Waals surface area (Å²) in [6.07, 6.45) is 0. The molecule has 4 heteroatoms. The van der Waals surface area contributed by atoms with Crippen molar-refractivity contribution in [1.29, 1.82) is 0 Å². The summed E-state index contributed by atoms with van der Waals surface area (Å²) < 4.78 is 0. The van der Waals surface area contributed by atoms with E-state index in [4.69, 9.17) is 0 Å². The van der Waals surface area contributed by atoms with Crippen molar-refractivity contribution in [2.24, 2.45) is 0 Å². The number of phenolic OH excluding ortho intramolecular Hbond substituents is 2. The molecule has 3 N–H and O–H groups in total. The van der Waals surface area contributed by atoms with Crippen LogP contribution in [0.3, 0.4) is 0 Å². The zero-order valence-corrected chi connectivity index (χ0v) is 10.6. The first-order valence-corrected chi connectivity index (χ1v) is 6.11. The Bertz CT molecular complexity index is 338. The first-order chi connectivity index (χ1) is 8.19. The van der Waals surface area contributed by atoms with Crippen LogP contribution in [0.25, 0.3) is 0 Å². The lowest BCUT2D eigenvalue weighted by Gasteiger charge is -2.18. The third-order valence-corrected chi connectivity index (χ3v) is 2.91. The standard InChI is InChI=1S/C13H22N2O2/c1-3-15(4-2)9-8-14-10-11-6-5-7-12(16)13(11)17/h5-7,14,16-17H,3-4,8-10H2,1-2H3. The molecule has 1 aromatic carbocycles. The van der Waals surface area contributed by atoms with E-state index in [1.807, 2.05) is 0 Å². The summed E-state index contributed by atoms with van der Waals surface area (Å²) in [6, 6.07) is 5.02.